The van der Waals surface area contributed by atoms with E-state index in [-0.39, 0.29) is 0 Å². The Hall–Kier alpha value is -0.340. The molecule has 2 heteroatoms. The van der Waals surface area contributed by atoms with Crippen LogP contribution in [0.3, 0.4) is 0 Å². The van der Waals surface area contributed by atoms with Crippen LogP contribution in [0.2, 0.25) is 0 Å². The topological polar surface area (TPSA) is 0 Å². The van der Waals surface area contributed by atoms with Crippen LogP contribution in [0.4, 0.5) is 0 Å². The third-order valence-electron chi connectivity index (χ3n) is 2.56. The lowest BCUT2D eigenvalue weighted by Crippen LogP contribution is -1.92. The molecule has 0 heterocycles. The summed E-state index contributed by atoms with van der Waals surface area (Å²) in [5.41, 5.74) is 5.52. The van der Waals surface area contributed by atoms with E-state index in [9.17, 15) is 0 Å². The third kappa shape index (κ3) is 2.61. The van der Waals surface area contributed by atoms with Gasteiger partial charge in [0, 0.05) is 10.7 Å². The summed E-state index contributed by atoms with van der Waals surface area (Å²) in [5, 5.41) is 1.83. The Morgan fingerprint density at radius 3 is 1.73 bits per heavy atom. The number of hydrogen-bond acceptors (Lipinski definition) is 0. The molecule has 0 radical (unpaired) electrons. The Bertz CT molecular complexity index is 368. The van der Waals surface area contributed by atoms with Crippen molar-refractivity contribution in [3.8, 4) is 0 Å². The fraction of sp³-hybridized carbons (Fsp3) is 0.231. The summed E-state index contributed by atoms with van der Waals surface area (Å²) in [5.74, 6) is 0. The van der Waals surface area contributed by atoms with Gasteiger partial charge in [0.2, 0.25) is 0 Å². The van der Waals surface area contributed by atoms with Crippen molar-refractivity contribution in [3.63, 3.8) is 0 Å². The van der Waals surface area contributed by atoms with Crippen LogP contribution in [-0.2, 0) is 0 Å². The van der Waals surface area contributed by atoms with Crippen LogP contribution in [0.25, 0.3) is 0 Å². The molecule has 0 N–H and O–H groups in total. The lowest BCUT2D eigenvalue weighted by Gasteiger charge is -2.04. The second-order valence-corrected chi connectivity index (χ2v) is 4.77. The monoisotopic (exact) mass is 326 g/mol. The first-order chi connectivity index (χ1) is 7.33. The van der Waals surface area contributed by atoms with E-state index in [0.717, 1.165) is 17.1 Å². The molecule has 2 bridgehead atoms. The number of allylic oxidation sites excluding steroid dienone is 10. The van der Waals surface area contributed by atoms with Gasteiger partial charge in [-0.15, -0.1) is 0 Å². The molecule has 0 aromatic rings. The predicted octanol–water partition coefficient (Wildman–Crippen LogP) is 4.46. The quantitative estimate of drug-likeness (QED) is 0.657. The molecule has 0 aromatic carbocycles. The SMILES string of the molecule is BrCC1=CC2=CC=CC=C(C=C1CBr)C2. The standard InChI is InChI=1S/C13H12Br2/c14-8-12-6-10-3-1-2-4-11(5-10)7-13(12)9-15/h1-4,6-7H,5,8-9H2. The Balaban J connectivity index is 2.49. The number of halogens is 2. The number of rotatable bonds is 2. The Morgan fingerprint density at radius 2 is 1.33 bits per heavy atom. The summed E-state index contributed by atoms with van der Waals surface area (Å²) in [4.78, 5) is 0. The molecule has 0 aromatic heterocycles. The van der Waals surface area contributed by atoms with Gasteiger partial charge in [0.25, 0.3) is 0 Å². The van der Waals surface area contributed by atoms with Gasteiger partial charge in [-0.2, -0.15) is 0 Å². The maximum atomic E-state index is 3.55. The number of hydrogen-bond donors (Lipinski definition) is 0. The van der Waals surface area contributed by atoms with Gasteiger partial charge in [-0.05, 0) is 28.7 Å². The number of fused-ring (bicyclic) bond motifs is 2. The molecule has 2 rings (SSSR count). The normalized spacial score (nSPS) is 19.6. The maximum absolute atomic E-state index is 3.55. The minimum atomic E-state index is 0.915. The molecular formula is C13H12Br2. The Kier molecular flexibility index (Phi) is 3.81. The molecule has 0 spiro atoms. The Morgan fingerprint density at radius 1 is 0.867 bits per heavy atom. The molecule has 78 valence electrons. The Labute approximate surface area is 107 Å². The first-order valence-electron chi connectivity index (χ1n) is 4.93. The highest BCUT2D eigenvalue weighted by atomic mass is 79.9. The van der Waals surface area contributed by atoms with E-state index in [2.05, 4.69) is 68.3 Å². The average molecular weight is 328 g/mol. The predicted molar refractivity (Wildman–Crippen MR) is 73.7 cm³/mol. The van der Waals surface area contributed by atoms with E-state index in [4.69, 9.17) is 0 Å². The zero-order valence-electron chi connectivity index (χ0n) is 8.34. The van der Waals surface area contributed by atoms with Crippen molar-refractivity contribution < 1.29 is 0 Å². The van der Waals surface area contributed by atoms with Crippen LogP contribution in [0.15, 0.2) is 58.7 Å². The molecule has 2 aliphatic carbocycles. The van der Waals surface area contributed by atoms with E-state index >= 15 is 0 Å². The van der Waals surface area contributed by atoms with Crippen LogP contribution in [-0.4, -0.2) is 10.7 Å². The molecule has 0 unspecified atom stereocenters. The fourth-order valence-electron chi connectivity index (χ4n) is 1.79. The summed E-state index contributed by atoms with van der Waals surface area (Å²) in [6, 6.07) is 0. The minimum Gasteiger partial charge on any atom is -0.0876 e. The van der Waals surface area contributed by atoms with Crippen molar-refractivity contribution >= 4 is 31.9 Å². The lowest BCUT2D eigenvalue weighted by molar-refractivity contribution is 1.22. The zero-order valence-corrected chi connectivity index (χ0v) is 11.5. The molecule has 0 atom stereocenters. The van der Waals surface area contributed by atoms with Gasteiger partial charge in [-0.1, -0.05) is 68.3 Å². The molecule has 0 amide bonds. The molecule has 2 aliphatic rings. The smallest absolute Gasteiger partial charge is 0.0286 e. The van der Waals surface area contributed by atoms with Gasteiger partial charge in [0.15, 0.2) is 0 Å². The highest BCUT2D eigenvalue weighted by Crippen LogP contribution is 2.28. The maximum Gasteiger partial charge on any atom is 0.0286 e. The van der Waals surface area contributed by atoms with Gasteiger partial charge < -0.3 is 0 Å². The van der Waals surface area contributed by atoms with E-state index in [0.29, 0.717) is 0 Å². The molecule has 0 nitrogen and oxygen atoms in total. The second kappa shape index (κ2) is 5.13. The van der Waals surface area contributed by atoms with Crippen LogP contribution >= 0.6 is 31.9 Å². The number of alkyl halides is 2. The summed E-state index contributed by atoms with van der Waals surface area (Å²) in [6.07, 6.45) is 14.2. The van der Waals surface area contributed by atoms with Crippen molar-refractivity contribution in [3.05, 3.63) is 58.7 Å². The van der Waals surface area contributed by atoms with Crippen molar-refractivity contribution in [2.45, 2.75) is 6.42 Å². The fourth-order valence-corrected chi connectivity index (χ4v) is 2.84. The van der Waals surface area contributed by atoms with E-state index in [1.807, 2.05) is 0 Å². The van der Waals surface area contributed by atoms with Crippen molar-refractivity contribution in [2.75, 3.05) is 10.7 Å². The molecule has 0 fully saturated rings. The summed E-state index contributed by atoms with van der Waals surface area (Å²) in [6.45, 7) is 0. The lowest BCUT2D eigenvalue weighted by atomic mass is 10.1. The first-order valence-corrected chi connectivity index (χ1v) is 7.17. The van der Waals surface area contributed by atoms with Gasteiger partial charge in [0.1, 0.15) is 0 Å². The van der Waals surface area contributed by atoms with E-state index in [1.54, 1.807) is 0 Å². The summed E-state index contributed by atoms with van der Waals surface area (Å²) < 4.78 is 0. The zero-order chi connectivity index (χ0) is 10.7. The molecule has 0 aliphatic heterocycles. The van der Waals surface area contributed by atoms with Gasteiger partial charge >= 0.3 is 0 Å². The van der Waals surface area contributed by atoms with Gasteiger partial charge in [0.05, 0.1) is 0 Å². The van der Waals surface area contributed by atoms with Crippen molar-refractivity contribution in [1.29, 1.82) is 0 Å². The van der Waals surface area contributed by atoms with Gasteiger partial charge in [-0.25, -0.2) is 0 Å². The highest BCUT2D eigenvalue weighted by Gasteiger charge is 2.11. The summed E-state index contributed by atoms with van der Waals surface area (Å²) >= 11 is 7.10. The van der Waals surface area contributed by atoms with Gasteiger partial charge in [-0.3, -0.25) is 0 Å². The minimum absolute atomic E-state index is 0.915. The van der Waals surface area contributed by atoms with E-state index in [1.165, 1.54) is 22.3 Å². The highest BCUT2D eigenvalue weighted by molar-refractivity contribution is 9.09. The molecule has 0 saturated heterocycles. The van der Waals surface area contributed by atoms with Crippen LogP contribution < -0.4 is 0 Å². The summed E-state index contributed by atoms with van der Waals surface area (Å²) in [7, 11) is 0. The molecule has 15 heavy (non-hydrogen) atoms. The van der Waals surface area contributed by atoms with Crippen LogP contribution in [0.5, 0.6) is 0 Å². The molecular weight excluding hydrogens is 316 g/mol. The third-order valence-corrected chi connectivity index (χ3v) is 3.77. The average Bonchev–Trinajstić information content (AvgIpc) is 2.58. The second-order valence-electron chi connectivity index (χ2n) is 3.65. The van der Waals surface area contributed by atoms with Crippen LogP contribution in [0.1, 0.15) is 6.42 Å². The van der Waals surface area contributed by atoms with Crippen LogP contribution in [0, 0.1) is 0 Å². The van der Waals surface area contributed by atoms with Crippen molar-refractivity contribution in [2.24, 2.45) is 0 Å². The van der Waals surface area contributed by atoms with Crippen molar-refractivity contribution in [1.82, 2.24) is 0 Å². The first kappa shape index (κ1) is 11.2. The molecule has 0 saturated carbocycles. The largest absolute Gasteiger partial charge is 0.0876 e. The van der Waals surface area contributed by atoms with E-state index < -0.39 is 0 Å².